The summed E-state index contributed by atoms with van der Waals surface area (Å²) >= 11 is 0. The van der Waals surface area contributed by atoms with Crippen molar-refractivity contribution in [3.63, 3.8) is 0 Å². The number of aromatic amines is 1. The van der Waals surface area contributed by atoms with Crippen LogP contribution in [0, 0.1) is 0 Å². The van der Waals surface area contributed by atoms with Gasteiger partial charge in [0.05, 0.1) is 11.3 Å². The van der Waals surface area contributed by atoms with Gasteiger partial charge in [0.15, 0.2) is 0 Å². The van der Waals surface area contributed by atoms with Crippen LogP contribution in [0.4, 0.5) is 19.1 Å². The van der Waals surface area contributed by atoms with Crippen molar-refractivity contribution in [3.8, 4) is 11.4 Å². The Bertz CT molecular complexity index is 742. The molecular weight excluding hydrogens is 259 g/mol. The van der Waals surface area contributed by atoms with Gasteiger partial charge in [-0.05, 0) is 18.2 Å². The van der Waals surface area contributed by atoms with E-state index in [1.807, 2.05) is 0 Å². The van der Waals surface area contributed by atoms with Gasteiger partial charge in [0.25, 0.3) is 0 Å². The second kappa shape index (κ2) is 3.78. The van der Waals surface area contributed by atoms with E-state index >= 15 is 0 Å². The van der Waals surface area contributed by atoms with E-state index in [1.165, 1.54) is 18.2 Å². The summed E-state index contributed by atoms with van der Waals surface area (Å²) in [5.41, 5.74) is 5.86. The summed E-state index contributed by atoms with van der Waals surface area (Å²) in [6.45, 7) is 0. The van der Waals surface area contributed by atoms with E-state index in [1.54, 1.807) is 6.07 Å². The van der Waals surface area contributed by atoms with Gasteiger partial charge < -0.3 is 15.2 Å². The second-order valence-corrected chi connectivity index (χ2v) is 4.06. The molecule has 4 nitrogen and oxygen atoms in total. The summed E-state index contributed by atoms with van der Waals surface area (Å²) in [7, 11) is 0. The van der Waals surface area contributed by atoms with Crippen molar-refractivity contribution >= 4 is 16.8 Å². The Kier molecular flexibility index (Phi) is 2.31. The number of nitrogens with two attached hydrogens (primary N) is 1. The van der Waals surface area contributed by atoms with Gasteiger partial charge in [0.1, 0.15) is 5.69 Å². The first kappa shape index (κ1) is 11.6. The molecule has 3 aromatic rings. The van der Waals surface area contributed by atoms with Crippen molar-refractivity contribution < 1.29 is 17.7 Å². The molecule has 0 atom stereocenters. The third-order valence-electron chi connectivity index (χ3n) is 2.77. The Hall–Kier alpha value is -2.44. The fourth-order valence-electron chi connectivity index (χ4n) is 1.96. The number of benzene rings is 1. The Labute approximate surface area is 105 Å². The lowest BCUT2D eigenvalue weighted by atomic mass is 10.1. The summed E-state index contributed by atoms with van der Waals surface area (Å²) < 4.78 is 43.3. The maximum absolute atomic E-state index is 12.9. The summed E-state index contributed by atoms with van der Waals surface area (Å²) in [5.74, 6) is 0.102. The molecule has 0 aliphatic rings. The summed E-state index contributed by atoms with van der Waals surface area (Å²) in [4.78, 5) is 2.86. The molecule has 0 radical (unpaired) electrons. The van der Waals surface area contributed by atoms with Crippen molar-refractivity contribution in [1.29, 1.82) is 0 Å². The SMILES string of the molecule is Nc1cc(-c2cc3c(C(F)(F)F)cccc3[nH]2)no1. The molecule has 0 spiro atoms. The van der Waals surface area contributed by atoms with Crippen LogP contribution in [0.3, 0.4) is 0 Å². The topological polar surface area (TPSA) is 67.8 Å². The number of H-pyrrole nitrogens is 1. The number of alkyl halides is 3. The maximum Gasteiger partial charge on any atom is 0.417 e. The molecule has 0 aliphatic heterocycles. The summed E-state index contributed by atoms with van der Waals surface area (Å²) in [5, 5.41) is 3.75. The lowest BCUT2D eigenvalue weighted by Crippen LogP contribution is -2.04. The number of aromatic nitrogens is 2. The van der Waals surface area contributed by atoms with Gasteiger partial charge in [0, 0.05) is 17.0 Å². The predicted molar refractivity (Wildman–Crippen MR) is 63.2 cm³/mol. The first-order valence-electron chi connectivity index (χ1n) is 5.36. The molecule has 2 aromatic heterocycles. The van der Waals surface area contributed by atoms with Crippen LogP contribution >= 0.6 is 0 Å². The minimum Gasteiger partial charge on any atom is -0.368 e. The average Bonchev–Trinajstić information content (AvgIpc) is 2.92. The van der Waals surface area contributed by atoms with Gasteiger partial charge in [-0.3, -0.25) is 0 Å². The van der Waals surface area contributed by atoms with E-state index in [9.17, 15) is 13.2 Å². The number of nitrogens with zero attached hydrogens (tertiary/aromatic N) is 1. The molecule has 0 aliphatic carbocycles. The highest BCUT2D eigenvalue weighted by Crippen LogP contribution is 2.36. The number of hydrogen-bond acceptors (Lipinski definition) is 3. The normalized spacial score (nSPS) is 12.2. The van der Waals surface area contributed by atoms with Crippen LogP contribution < -0.4 is 5.73 Å². The van der Waals surface area contributed by atoms with Crippen molar-refractivity contribution in [1.82, 2.24) is 10.1 Å². The van der Waals surface area contributed by atoms with E-state index in [2.05, 4.69) is 10.1 Å². The fraction of sp³-hybridized carbons (Fsp3) is 0.0833. The number of fused-ring (bicyclic) bond motifs is 1. The molecule has 0 saturated carbocycles. The number of nitrogen functional groups attached to an aromatic ring is 1. The lowest BCUT2D eigenvalue weighted by Gasteiger charge is -2.06. The average molecular weight is 267 g/mol. The molecular formula is C12H8F3N3O. The van der Waals surface area contributed by atoms with Crippen LogP contribution in [-0.2, 0) is 6.18 Å². The Morgan fingerprint density at radius 1 is 1.21 bits per heavy atom. The Balaban J connectivity index is 2.21. The molecule has 0 fully saturated rings. The third-order valence-corrected chi connectivity index (χ3v) is 2.77. The highest BCUT2D eigenvalue weighted by atomic mass is 19.4. The van der Waals surface area contributed by atoms with E-state index in [0.717, 1.165) is 6.07 Å². The van der Waals surface area contributed by atoms with E-state index in [-0.39, 0.29) is 11.3 Å². The molecule has 0 amide bonds. The minimum atomic E-state index is -4.40. The molecule has 0 bridgehead atoms. The van der Waals surface area contributed by atoms with Crippen LogP contribution in [0.1, 0.15) is 5.56 Å². The van der Waals surface area contributed by atoms with E-state index in [4.69, 9.17) is 10.3 Å². The Morgan fingerprint density at radius 3 is 2.63 bits per heavy atom. The molecule has 3 N–H and O–H groups in total. The first-order valence-corrected chi connectivity index (χ1v) is 5.36. The lowest BCUT2D eigenvalue weighted by molar-refractivity contribution is -0.136. The first-order chi connectivity index (χ1) is 8.95. The number of rotatable bonds is 1. The zero-order chi connectivity index (χ0) is 13.6. The van der Waals surface area contributed by atoms with Crippen LogP contribution in [0.2, 0.25) is 0 Å². The van der Waals surface area contributed by atoms with Crippen molar-refractivity contribution in [2.45, 2.75) is 6.18 Å². The van der Waals surface area contributed by atoms with Crippen LogP contribution in [0.25, 0.3) is 22.3 Å². The molecule has 98 valence electrons. The molecule has 7 heteroatoms. The van der Waals surface area contributed by atoms with E-state index < -0.39 is 11.7 Å². The second-order valence-electron chi connectivity index (χ2n) is 4.06. The zero-order valence-electron chi connectivity index (χ0n) is 9.45. The van der Waals surface area contributed by atoms with Gasteiger partial charge in [-0.2, -0.15) is 13.2 Å². The maximum atomic E-state index is 12.9. The number of anilines is 1. The number of nitrogens with one attached hydrogen (secondary N) is 1. The highest BCUT2D eigenvalue weighted by Gasteiger charge is 2.32. The third kappa shape index (κ3) is 1.92. The van der Waals surface area contributed by atoms with Crippen molar-refractivity contribution in [3.05, 3.63) is 35.9 Å². The van der Waals surface area contributed by atoms with Gasteiger partial charge in [-0.25, -0.2) is 0 Å². The van der Waals surface area contributed by atoms with Gasteiger partial charge in [0.2, 0.25) is 5.88 Å². The van der Waals surface area contributed by atoms with Crippen molar-refractivity contribution in [2.75, 3.05) is 5.73 Å². The van der Waals surface area contributed by atoms with Gasteiger partial charge >= 0.3 is 6.18 Å². The zero-order valence-corrected chi connectivity index (χ0v) is 9.45. The highest BCUT2D eigenvalue weighted by molar-refractivity contribution is 5.88. The van der Waals surface area contributed by atoms with Crippen LogP contribution in [0.15, 0.2) is 34.9 Å². The smallest absolute Gasteiger partial charge is 0.368 e. The molecule has 0 unspecified atom stereocenters. The monoisotopic (exact) mass is 267 g/mol. The number of halogens is 3. The van der Waals surface area contributed by atoms with Crippen molar-refractivity contribution in [2.24, 2.45) is 0 Å². The molecule has 19 heavy (non-hydrogen) atoms. The fourth-order valence-corrected chi connectivity index (χ4v) is 1.96. The van der Waals surface area contributed by atoms with Crippen LogP contribution in [0.5, 0.6) is 0 Å². The number of hydrogen-bond donors (Lipinski definition) is 2. The largest absolute Gasteiger partial charge is 0.417 e. The molecule has 2 heterocycles. The van der Waals surface area contributed by atoms with Crippen LogP contribution in [-0.4, -0.2) is 10.1 Å². The van der Waals surface area contributed by atoms with E-state index in [0.29, 0.717) is 16.9 Å². The standard InChI is InChI=1S/C12H8F3N3O/c13-12(14,15)7-2-1-3-8-6(7)4-9(17-8)10-5-11(16)19-18-10/h1-5,17H,16H2. The van der Waals surface area contributed by atoms with Gasteiger partial charge in [-0.1, -0.05) is 11.2 Å². The van der Waals surface area contributed by atoms with Gasteiger partial charge in [-0.15, -0.1) is 0 Å². The quantitative estimate of drug-likeness (QED) is 0.709. The molecule has 1 aromatic carbocycles. The Morgan fingerprint density at radius 2 is 2.00 bits per heavy atom. The summed E-state index contributed by atoms with van der Waals surface area (Å²) in [6, 6.07) is 6.78. The molecule has 3 rings (SSSR count). The minimum absolute atomic E-state index is 0.0894. The summed E-state index contributed by atoms with van der Waals surface area (Å²) in [6.07, 6.45) is -4.40. The molecule has 0 saturated heterocycles. The predicted octanol–water partition coefficient (Wildman–Crippen LogP) is 3.42.